The third-order valence-electron chi connectivity index (χ3n) is 12.5. The predicted molar refractivity (Wildman–Crippen MR) is 245 cm³/mol. The Labute approximate surface area is 342 Å². The standard InChI is InChI=1S/C56H37NS/c1-3-13-36(14-4-1)37-23-28-41(29-24-37)57(42-30-25-38(26-31-42)40-27-32-45-44-17-11-12-22-51(44)58-52(45)35-40)50-34-33-43(39-15-5-2-6-16-39)55-53-46-18-7-9-20-48(46)54(56(50)55)49-21-10-8-19-47(49)53/h1-35,53-54H. The van der Waals surface area contributed by atoms with Gasteiger partial charge in [-0.2, -0.15) is 0 Å². The summed E-state index contributed by atoms with van der Waals surface area (Å²) < 4.78 is 2.66. The lowest BCUT2D eigenvalue weighted by Crippen LogP contribution is -2.30. The molecule has 1 aromatic heterocycles. The number of nitrogens with zero attached hydrogens (tertiary/aromatic N) is 1. The maximum Gasteiger partial charge on any atom is 0.0506 e. The smallest absolute Gasteiger partial charge is 0.0506 e. The molecule has 2 heteroatoms. The zero-order chi connectivity index (χ0) is 38.2. The molecule has 3 aliphatic rings. The summed E-state index contributed by atoms with van der Waals surface area (Å²) in [7, 11) is 0. The molecule has 0 spiro atoms. The molecular formula is C56H37NS. The molecule has 272 valence electrons. The number of hydrogen-bond donors (Lipinski definition) is 0. The van der Waals surface area contributed by atoms with Crippen molar-refractivity contribution in [3.8, 4) is 33.4 Å². The number of anilines is 3. The quantitative estimate of drug-likeness (QED) is 0.163. The van der Waals surface area contributed by atoms with E-state index in [0.29, 0.717) is 0 Å². The first-order valence-electron chi connectivity index (χ1n) is 20.2. The van der Waals surface area contributed by atoms with Gasteiger partial charge in [-0.05, 0) is 109 Å². The van der Waals surface area contributed by atoms with E-state index in [2.05, 4.69) is 217 Å². The fourth-order valence-corrected chi connectivity index (χ4v) is 11.0. The maximum atomic E-state index is 2.51. The fourth-order valence-electron chi connectivity index (χ4n) is 9.90. The van der Waals surface area contributed by atoms with Crippen LogP contribution < -0.4 is 4.90 Å². The lowest BCUT2D eigenvalue weighted by molar-refractivity contribution is 0.755. The van der Waals surface area contributed by atoms with E-state index in [-0.39, 0.29) is 11.8 Å². The Hall–Kier alpha value is -7.00. The molecule has 0 saturated carbocycles. The molecule has 3 aliphatic carbocycles. The van der Waals surface area contributed by atoms with Crippen molar-refractivity contribution in [2.75, 3.05) is 4.90 Å². The van der Waals surface area contributed by atoms with E-state index in [1.165, 1.54) is 92.6 Å². The first kappa shape index (κ1) is 33.2. The van der Waals surface area contributed by atoms with Gasteiger partial charge in [-0.1, -0.05) is 170 Å². The maximum absolute atomic E-state index is 2.51. The molecule has 0 aliphatic heterocycles. The Morgan fingerprint density at radius 3 is 1.41 bits per heavy atom. The Morgan fingerprint density at radius 2 is 0.793 bits per heavy atom. The highest BCUT2D eigenvalue weighted by Crippen LogP contribution is 2.61. The summed E-state index contributed by atoms with van der Waals surface area (Å²) in [5.41, 5.74) is 19.4. The summed E-state index contributed by atoms with van der Waals surface area (Å²) in [5, 5.41) is 2.66. The number of fused-ring (bicyclic) bond motifs is 3. The van der Waals surface area contributed by atoms with Crippen molar-refractivity contribution in [1.82, 2.24) is 0 Å². The SMILES string of the molecule is c1ccc(-c2ccc(N(c3ccc(-c4ccc5c(c4)sc4ccccc45)cc3)c3ccc(-c4ccccc4)c4c3C3c5ccccc5C4c4ccccc43)cc2)cc1. The molecule has 1 nitrogen and oxygen atoms in total. The average molecular weight is 756 g/mol. The van der Waals surface area contributed by atoms with Gasteiger partial charge >= 0.3 is 0 Å². The van der Waals surface area contributed by atoms with E-state index in [1.54, 1.807) is 0 Å². The molecular weight excluding hydrogens is 719 g/mol. The van der Waals surface area contributed by atoms with Gasteiger partial charge in [0.15, 0.2) is 0 Å². The Morgan fingerprint density at radius 1 is 0.328 bits per heavy atom. The monoisotopic (exact) mass is 755 g/mol. The molecule has 0 atom stereocenters. The van der Waals surface area contributed by atoms with Crippen molar-refractivity contribution in [3.05, 3.63) is 246 Å². The highest BCUT2D eigenvalue weighted by Gasteiger charge is 2.44. The molecule has 0 saturated heterocycles. The normalized spacial score (nSPS) is 14.9. The van der Waals surface area contributed by atoms with Crippen molar-refractivity contribution in [1.29, 1.82) is 0 Å². The summed E-state index contributed by atoms with van der Waals surface area (Å²) in [6, 6.07) is 78.8. The Kier molecular flexibility index (Phi) is 7.61. The minimum absolute atomic E-state index is 0.101. The second-order valence-electron chi connectivity index (χ2n) is 15.6. The van der Waals surface area contributed by atoms with Gasteiger partial charge in [-0.25, -0.2) is 0 Å². The number of hydrogen-bond acceptors (Lipinski definition) is 2. The highest BCUT2D eigenvalue weighted by atomic mass is 32.1. The fraction of sp³-hybridized carbons (Fsp3) is 0.0357. The molecule has 0 fully saturated rings. The van der Waals surface area contributed by atoms with Crippen molar-refractivity contribution in [2.24, 2.45) is 0 Å². The minimum Gasteiger partial charge on any atom is -0.310 e. The Bertz CT molecular complexity index is 3110. The molecule has 2 bridgehead atoms. The van der Waals surface area contributed by atoms with Crippen LogP contribution in [-0.4, -0.2) is 0 Å². The number of benzene rings is 9. The zero-order valence-corrected chi connectivity index (χ0v) is 32.5. The van der Waals surface area contributed by atoms with Crippen LogP contribution in [0.4, 0.5) is 17.1 Å². The second kappa shape index (κ2) is 13.3. The second-order valence-corrected chi connectivity index (χ2v) is 16.6. The van der Waals surface area contributed by atoms with Crippen LogP contribution in [0.15, 0.2) is 212 Å². The third-order valence-corrected chi connectivity index (χ3v) is 13.6. The minimum atomic E-state index is 0.101. The average Bonchev–Trinajstić information content (AvgIpc) is 3.68. The van der Waals surface area contributed by atoms with Gasteiger partial charge in [0.25, 0.3) is 0 Å². The van der Waals surface area contributed by atoms with Crippen LogP contribution in [0.3, 0.4) is 0 Å². The molecule has 9 aromatic carbocycles. The van der Waals surface area contributed by atoms with Gasteiger partial charge in [-0.15, -0.1) is 11.3 Å². The first-order valence-corrected chi connectivity index (χ1v) is 21.0. The lowest BCUT2D eigenvalue weighted by atomic mass is 9.59. The largest absolute Gasteiger partial charge is 0.310 e. The van der Waals surface area contributed by atoms with E-state index in [9.17, 15) is 0 Å². The van der Waals surface area contributed by atoms with E-state index >= 15 is 0 Å². The van der Waals surface area contributed by atoms with Crippen molar-refractivity contribution in [2.45, 2.75) is 11.8 Å². The van der Waals surface area contributed by atoms with Crippen LogP contribution in [0.25, 0.3) is 53.6 Å². The van der Waals surface area contributed by atoms with Gasteiger partial charge < -0.3 is 4.90 Å². The van der Waals surface area contributed by atoms with Gasteiger partial charge in [-0.3, -0.25) is 0 Å². The zero-order valence-electron chi connectivity index (χ0n) is 31.7. The third kappa shape index (κ3) is 5.15. The van der Waals surface area contributed by atoms with Gasteiger partial charge in [0.05, 0.1) is 5.69 Å². The van der Waals surface area contributed by atoms with Gasteiger partial charge in [0.1, 0.15) is 0 Å². The summed E-state index contributed by atoms with van der Waals surface area (Å²) in [6.45, 7) is 0. The summed E-state index contributed by atoms with van der Waals surface area (Å²) >= 11 is 1.87. The molecule has 13 rings (SSSR count). The van der Waals surface area contributed by atoms with Crippen molar-refractivity contribution < 1.29 is 0 Å². The molecule has 0 unspecified atom stereocenters. The molecule has 0 radical (unpaired) electrons. The lowest BCUT2D eigenvalue weighted by Gasteiger charge is -2.45. The van der Waals surface area contributed by atoms with Crippen LogP contribution in [0.5, 0.6) is 0 Å². The van der Waals surface area contributed by atoms with E-state index in [1.807, 2.05) is 11.3 Å². The van der Waals surface area contributed by atoms with Crippen molar-refractivity contribution >= 4 is 48.6 Å². The first-order chi connectivity index (χ1) is 28.8. The molecule has 1 heterocycles. The van der Waals surface area contributed by atoms with Gasteiger partial charge in [0, 0.05) is 43.4 Å². The van der Waals surface area contributed by atoms with E-state index < -0.39 is 0 Å². The van der Waals surface area contributed by atoms with Gasteiger partial charge in [0.2, 0.25) is 0 Å². The van der Waals surface area contributed by atoms with Crippen LogP contribution in [0.2, 0.25) is 0 Å². The van der Waals surface area contributed by atoms with E-state index in [4.69, 9.17) is 0 Å². The van der Waals surface area contributed by atoms with Crippen LogP contribution >= 0.6 is 11.3 Å². The summed E-state index contributed by atoms with van der Waals surface area (Å²) in [4.78, 5) is 2.51. The summed E-state index contributed by atoms with van der Waals surface area (Å²) in [6.07, 6.45) is 0. The predicted octanol–water partition coefficient (Wildman–Crippen LogP) is 15.5. The molecule has 0 N–H and O–H groups in total. The number of rotatable bonds is 6. The Balaban J connectivity index is 1.06. The van der Waals surface area contributed by atoms with Crippen LogP contribution in [0, 0.1) is 0 Å². The van der Waals surface area contributed by atoms with Crippen molar-refractivity contribution in [3.63, 3.8) is 0 Å². The van der Waals surface area contributed by atoms with E-state index in [0.717, 1.165) is 11.4 Å². The van der Waals surface area contributed by atoms with Crippen LogP contribution in [0.1, 0.15) is 45.2 Å². The molecule has 10 aromatic rings. The van der Waals surface area contributed by atoms with Crippen LogP contribution in [-0.2, 0) is 0 Å². The number of thiophene rings is 1. The molecule has 0 amide bonds. The highest BCUT2D eigenvalue weighted by molar-refractivity contribution is 7.25. The topological polar surface area (TPSA) is 3.24 Å². The molecule has 58 heavy (non-hydrogen) atoms. The summed E-state index contributed by atoms with van der Waals surface area (Å²) in [5.74, 6) is 0.237.